The maximum atomic E-state index is 12.1. The van der Waals surface area contributed by atoms with Crippen molar-refractivity contribution >= 4 is 17.4 Å². The van der Waals surface area contributed by atoms with Crippen LogP contribution in [-0.2, 0) is 11.3 Å². The van der Waals surface area contributed by atoms with Crippen molar-refractivity contribution in [1.29, 1.82) is 0 Å². The summed E-state index contributed by atoms with van der Waals surface area (Å²) in [6.07, 6.45) is 1.69. The molecular weight excluding hydrogens is 252 g/mol. The summed E-state index contributed by atoms with van der Waals surface area (Å²) < 4.78 is 1.53. The summed E-state index contributed by atoms with van der Waals surface area (Å²) in [6.45, 7) is 6.37. The van der Waals surface area contributed by atoms with Crippen LogP contribution in [-0.4, -0.2) is 15.7 Å². The molecule has 5 nitrogen and oxygen atoms in total. The standard InChI is InChI=1S/C15H20N4O/c1-10(2)12-6-4-5-11(3)15(12)17-14(20)9-19-8-7-13(16)18-19/h4-8,10H,9H2,1-3H3,(H2,16,18)(H,17,20). The number of anilines is 2. The third-order valence-corrected chi connectivity index (χ3v) is 3.16. The first-order chi connectivity index (χ1) is 9.47. The van der Waals surface area contributed by atoms with Crippen LogP contribution in [0.25, 0.3) is 0 Å². The number of rotatable bonds is 4. The van der Waals surface area contributed by atoms with Crippen molar-refractivity contribution < 1.29 is 4.79 Å². The van der Waals surface area contributed by atoms with Gasteiger partial charge in [0.05, 0.1) is 0 Å². The predicted molar refractivity (Wildman–Crippen MR) is 80.5 cm³/mol. The van der Waals surface area contributed by atoms with Crippen molar-refractivity contribution in [3.63, 3.8) is 0 Å². The lowest BCUT2D eigenvalue weighted by Crippen LogP contribution is -2.20. The Bertz CT molecular complexity index is 616. The van der Waals surface area contributed by atoms with Crippen LogP contribution < -0.4 is 11.1 Å². The fourth-order valence-electron chi connectivity index (χ4n) is 2.13. The van der Waals surface area contributed by atoms with Gasteiger partial charge >= 0.3 is 0 Å². The van der Waals surface area contributed by atoms with Gasteiger partial charge in [-0.15, -0.1) is 0 Å². The van der Waals surface area contributed by atoms with Crippen LogP contribution in [0, 0.1) is 6.92 Å². The highest BCUT2D eigenvalue weighted by molar-refractivity contribution is 5.92. The van der Waals surface area contributed by atoms with Gasteiger partial charge in [-0.3, -0.25) is 9.48 Å². The van der Waals surface area contributed by atoms with E-state index in [1.54, 1.807) is 12.3 Å². The van der Waals surface area contributed by atoms with E-state index in [4.69, 9.17) is 5.73 Å². The van der Waals surface area contributed by atoms with Gasteiger partial charge in [0.2, 0.25) is 5.91 Å². The van der Waals surface area contributed by atoms with Crippen molar-refractivity contribution in [3.05, 3.63) is 41.6 Å². The van der Waals surface area contributed by atoms with E-state index in [-0.39, 0.29) is 12.5 Å². The number of nitrogens with two attached hydrogens (primary N) is 1. The summed E-state index contributed by atoms with van der Waals surface area (Å²) in [6, 6.07) is 7.71. The smallest absolute Gasteiger partial charge is 0.246 e. The number of nitrogens with zero attached hydrogens (tertiary/aromatic N) is 2. The van der Waals surface area contributed by atoms with E-state index in [2.05, 4.69) is 24.3 Å². The fourth-order valence-corrected chi connectivity index (χ4v) is 2.13. The fraction of sp³-hybridized carbons (Fsp3) is 0.333. The van der Waals surface area contributed by atoms with Gasteiger partial charge in [0.25, 0.3) is 0 Å². The summed E-state index contributed by atoms with van der Waals surface area (Å²) >= 11 is 0. The average Bonchev–Trinajstić information content (AvgIpc) is 2.77. The zero-order chi connectivity index (χ0) is 14.7. The molecule has 2 rings (SSSR count). The zero-order valence-electron chi connectivity index (χ0n) is 12.1. The molecule has 0 spiro atoms. The Morgan fingerprint density at radius 3 is 2.75 bits per heavy atom. The van der Waals surface area contributed by atoms with E-state index >= 15 is 0 Å². The molecule has 20 heavy (non-hydrogen) atoms. The summed E-state index contributed by atoms with van der Waals surface area (Å²) in [5.74, 6) is 0.659. The first-order valence-electron chi connectivity index (χ1n) is 6.65. The molecule has 1 aromatic heterocycles. The summed E-state index contributed by atoms with van der Waals surface area (Å²) in [4.78, 5) is 12.1. The minimum Gasteiger partial charge on any atom is -0.382 e. The molecule has 2 aromatic rings. The lowest BCUT2D eigenvalue weighted by Gasteiger charge is -2.16. The van der Waals surface area contributed by atoms with Gasteiger partial charge in [0.1, 0.15) is 12.4 Å². The van der Waals surface area contributed by atoms with Gasteiger partial charge in [-0.1, -0.05) is 32.0 Å². The quantitative estimate of drug-likeness (QED) is 0.898. The number of nitrogen functional groups attached to an aromatic ring is 1. The maximum Gasteiger partial charge on any atom is 0.246 e. The number of carbonyl (C=O) groups excluding carboxylic acids is 1. The maximum absolute atomic E-state index is 12.1. The second-order valence-corrected chi connectivity index (χ2v) is 5.18. The number of aromatic nitrogens is 2. The van der Waals surface area contributed by atoms with E-state index in [1.165, 1.54) is 4.68 Å². The highest BCUT2D eigenvalue weighted by Crippen LogP contribution is 2.27. The molecule has 0 saturated heterocycles. The van der Waals surface area contributed by atoms with E-state index in [0.29, 0.717) is 11.7 Å². The van der Waals surface area contributed by atoms with Gasteiger partial charge in [-0.25, -0.2) is 0 Å². The molecule has 1 amide bonds. The Kier molecular flexibility index (Phi) is 4.08. The average molecular weight is 272 g/mol. The second-order valence-electron chi connectivity index (χ2n) is 5.18. The van der Waals surface area contributed by atoms with Gasteiger partial charge in [-0.05, 0) is 30.0 Å². The number of carbonyl (C=O) groups is 1. The van der Waals surface area contributed by atoms with Crippen LogP contribution in [0.2, 0.25) is 0 Å². The Hall–Kier alpha value is -2.30. The molecule has 0 atom stereocenters. The number of amides is 1. The Morgan fingerprint density at radius 1 is 1.40 bits per heavy atom. The van der Waals surface area contributed by atoms with Crippen LogP contribution >= 0.6 is 0 Å². The third kappa shape index (κ3) is 3.17. The molecule has 0 aliphatic carbocycles. The van der Waals surface area contributed by atoms with Crippen LogP contribution in [0.1, 0.15) is 30.9 Å². The minimum atomic E-state index is -0.107. The van der Waals surface area contributed by atoms with Crippen molar-refractivity contribution in [1.82, 2.24) is 9.78 Å². The molecule has 0 aliphatic rings. The van der Waals surface area contributed by atoms with Crippen molar-refractivity contribution in [3.8, 4) is 0 Å². The van der Waals surface area contributed by atoms with E-state index in [9.17, 15) is 4.79 Å². The van der Waals surface area contributed by atoms with Gasteiger partial charge in [0, 0.05) is 11.9 Å². The van der Waals surface area contributed by atoms with E-state index in [1.807, 2.05) is 25.1 Å². The minimum absolute atomic E-state index is 0.107. The number of nitrogens with one attached hydrogen (secondary N) is 1. The van der Waals surface area contributed by atoms with Crippen LogP contribution in [0.4, 0.5) is 11.5 Å². The van der Waals surface area contributed by atoms with Crippen molar-refractivity contribution in [2.75, 3.05) is 11.1 Å². The molecule has 0 aliphatic heterocycles. The topological polar surface area (TPSA) is 72.9 Å². The second kappa shape index (κ2) is 5.77. The largest absolute Gasteiger partial charge is 0.382 e. The molecule has 0 unspecified atom stereocenters. The highest BCUT2D eigenvalue weighted by atomic mass is 16.2. The Labute approximate surface area is 118 Å². The summed E-state index contributed by atoms with van der Waals surface area (Å²) in [5, 5.41) is 6.98. The molecule has 1 heterocycles. The predicted octanol–water partition coefficient (Wildman–Crippen LogP) is 2.54. The first-order valence-corrected chi connectivity index (χ1v) is 6.65. The van der Waals surface area contributed by atoms with Gasteiger partial charge in [-0.2, -0.15) is 5.10 Å². The first kappa shape index (κ1) is 14.1. The zero-order valence-corrected chi connectivity index (χ0v) is 12.1. The number of hydrogen-bond donors (Lipinski definition) is 2. The molecule has 3 N–H and O–H groups in total. The summed E-state index contributed by atoms with van der Waals surface area (Å²) in [5.41, 5.74) is 8.62. The van der Waals surface area contributed by atoms with E-state index in [0.717, 1.165) is 16.8 Å². The lowest BCUT2D eigenvalue weighted by atomic mass is 9.98. The molecule has 0 radical (unpaired) electrons. The van der Waals surface area contributed by atoms with Crippen LogP contribution in [0.15, 0.2) is 30.5 Å². The van der Waals surface area contributed by atoms with E-state index < -0.39 is 0 Å². The monoisotopic (exact) mass is 272 g/mol. The van der Waals surface area contributed by atoms with Crippen LogP contribution in [0.5, 0.6) is 0 Å². The van der Waals surface area contributed by atoms with Crippen LogP contribution in [0.3, 0.4) is 0 Å². The number of hydrogen-bond acceptors (Lipinski definition) is 3. The molecule has 5 heteroatoms. The normalized spacial score (nSPS) is 10.8. The molecule has 0 fully saturated rings. The number of aryl methyl sites for hydroxylation is 1. The van der Waals surface area contributed by atoms with Crippen molar-refractivity contribution in [2.24, 2.45) is 0 Å². The number of para-hydroxylation sites is 1. The van der Waals surface area contributed by atoms with Gasteiger partial charge < -0.3 is 11.1 Å². The van der Waals surface area contributed by atoms with Gasteiger partial charge in [0.15, 0.2) is 0 Å². The summed E-state index contributed by atoms with van der Waals surface area (Å²) in [7, 11) is 0. The molecule has 0 saturated carbocycles. The SMILES string of the molecule is Cc1cccc(C(C)C)c1NC(=O)Cn1ccc(N)n1. The van der Waals surface area contributed by atoms with Crippen molar-refractivity contribution in [2.45, 2.75) is 33.2 Å². The molecular formula is C15H20N4O. The molecule has 106 valence electrons. The highest BCUT2D eigenvalue weighted by Gasteiger charge is 2.12. The molecule has 0 bridgehead atoms. The third-order valence-electron chi connectivity index (χ3n) is 3.16. The lowest BCUT2D eigenvalue weighted by molar-refractivity contribution is -0.116. The number of benzene rings is 1. The molecule has 1 aromatic carbocycles. The Morgan fingerprint density at radius 2 is 2.15 bits per heavy atom. The Balaban J connectivity index is 2.15.